The van der Waals surface area contributed by atoms with Crippen molar-refractivity contribution in [1.82, 2.24) is 0 Å². The lowest BCUT2D eigenvalue weighted by atomic mass is 9.78. The van der Waals surface area contributed by atoms with Crippen molar-refractivity contribution in [3.8, 4) is 0 Å². The Morgan fingerprint density at radius 1 is 1.07 bits per heavy atom. The fraction of sp³-hybridized carbons (Fsp3) is 1.00. The molecule has 2 fully saturated rings. The highest BCUT2D eigenvalue weighted by atomic mass is 14.7. The predicted octanol–water partition coefficient (Wildman–Crippen LogP) is 3.04. The first-order chi connectivity index (χ1) is 6.59. The summed E-state index contributed by atoms with van der Waals surface area (Å²) in [5.74, 6) is 4.47. The molecule has 1 nitrogen and oxygen atoms in total. The Bertz CT molecular complexity index is 199. The van der Waals surface area contributed by atoms with Gasteiger partial charge in [-0.2, -0.15) is 0 Å². The molecule has 0 heterocycles. The van der Waals surface area contributed by atoms with E-state index in [4.69, 9.17) is 5.73 Å². The summed E-state index contributed by atoms with van der Waals surface area (Å²) in [6.07, 6.45) is 5.82. The van der Waals surface area contributed by atoms with Gasteiger partial charge in [0.1, 0.15) is 0 Å². The number of hydrogen-bond acceptors (Lipinski definition) is 1. The summed E-state index contributed by atoms with van der Waals surface area (Å²) >= 11 is 0. The zero-order chi connectivity index (χ0) is 10.3. The van der Waals surface area contributed by atoms with Gasteiger partial charge in [-0.3, -0.25) is 0 Å². The zero-order valence-corrected chi connectivity index (χ0v) is 9.87. The van der Waals surface area contributed by atoms with Crippen LogP contribution < -0.4 is 5.73 Å². The standard InChI is InChI=1S/C13H25N/c1-8(2)13(14)12-5-4-10-7-11(10)6-9(12)3/h8-13H,4-7,14H2,1-3H3/t9?,10-,11+,12-,13?/m0/s1. The van der Waals surface area contributed by atoms with Crippen LogP contribution >= 0.6 is 0 Å². The van der Waals surface area contributed by atoms with Gasteiger partial charge in [0.25, 0.3) is 0 Å². The van der Waals surface area contributed by atoms with Gasteiger partial charge in [-0.25, -0.2) is 0 Å². The van der Waals surface area contributed by atoms with Crippen LogP contribution in [0.25, 0.3) is 0 Å². The van der Waals surface area contributed by atoms with Gasteiger partial charge in [0.05, 0.1) is 0 Å². The van der Waals surface area contributed by atoms with Gasteiger partial charge in [-0.1, -0.05) is 20.8 Å². The van der Waals surface area contributed by atoms with Crippen molar-refractivity contribution >= 4 is 0 Å². The summed E-state index contributed by atoms with van der Waals surface area (Å²) in [5, 5.41) is 0. The molecule has 0 saturated heterocycles. The van der Waals surface area contributed by atoms with E-state index in [1.165, 1.54) is 25.7 Å². The van der Waals surface area contributed by atoms with E-state index in [-0.39, 0.29) is 0 Å². The van der Waals surface area contributed by atoms with Crippen molar-refractivity contribution in [3.63, 3.8) is 0 Å². The molecule has 14 heavy (non-hydrogen) atoms. The molecule has 0 radical (unpaired) electrons. The Hall–Kier alpha value is -0.0400. The summed E-state index contributed by atoms with van der Waals surface area (Å²) in [7, 11) is 0. The third-order valence-electron chi connectivity index (χ3n) is 4.61. The molecule has 0 aromatic heterocycles. The van der Waals surface area contributed by atoms with Crippen LogP contribution in [-0.2, 0) is 0 Å². The van der Waals surface area contributed by atoms with E-state index in [0.717, 1.165) is 23.7 Å². The van der Waals surface area contributed by atoms with E-state index >= 15 is 0 Å². The second-order valence-corrected chi connectivity index (χ2v) is 6.03. The van der Waals surface area contributed by atoms with Gasteiger partial charge in [0, 0.05) is 6.04 Å². The van der Waals surface area contributed by atoms with Gasteiger partial charge in [0.15, 0.2) is 0 Å². The van der Waals surface area contributed by atoms with E-state index in [2.05, 4.69) is 20.8 Å². The smallest absolute Gasteiger partial charge is 0.00929 e. The maximum absolute atomic E-state index is 6.31. The van der Waals surface area contributed by atoms with Crippen molar-refractivity contribution in [3.05, 3.63) is 0 Å². The second kappa shape index (κ2) is 3.84. The topological polar surface area (TPSA) is 26.0 Å². The lowest BCUT2D eigenvalue weighted by Gasteiger charge is -2.31. The monoisotopic (exact) mass is 195 g/mol. The quantitative estimate of drug-likeness (QED) is 0.720. The molecule has 2 rings (SSSR count). The average molecular weight is 195 g/mol. The minimum atomic E-state index is 0.433. The third-order valence-corrected chi connectivity index (χ3v) is 4.61. The third kappa shape index (κ3) is 1.98. The van der Waals surface area contributed by atoms with Crippen LogP contribution in [0.5, 0.6) is 0 Å². The molecule has 2 aliphatic carbocycles. The maximum Gasteiger partial charge on any atom is 0.00929 e. The summed E-state index contributed by atoms with van der Waals surface area (Å²) < 4.78 is 0. The molecule has 2 aliphatic rings. The summed E-state index contributed by atoms with van der Waals surface area (Å²) in [5.41, 5.74) is 6.31. The number of nitrogens with two attached hydrogens (primary N) is 1. The highest BCUT2D eigenvalue weighted by Gasteiger charge is 2.43. The molecule has 1 heteroatoms. The molecule has 0 spiro atoms. The number of fused-ring (bicyclic) bond motifs is 1. The van der Waals surface area contributed by atoms with Gasteiger partial charge in [0.2, 0.25) is 0 Å². The molecule has 82 valence electrons. The Balaban J connectivity index is 1.96. The Morgan fingerprint density at radius 2 is 1.79 bits per heavy atom. The maximum atomic E-state index is 6.31. The molecule has 5 atom stereocenters. The SMILES string of the molecule is CC(C)C(N)[C@H]1CC[C@H]2C[C@H]2CC1C. The van der Waals surface area contributed by atoms with Crippen LogP contribution in [0.4, 0.5) is 0 Å². The van der Waals surface area contributed by atoms with Crippen LogP contribution in [0.1, 0.15) is 46.5 Å². The van der Waals surface area contributed by atoms with Crippen molar-refractivity contribution in [2.75, 3.05) is 0 Å². The summed E-state index contributed by atoms with van der Waals surface area (Å²) in [4.78, 5) is 0. The van der Waals surface area contributed by atoms with Crippen LogP contribution in [0.2, 0.25) is 0 Å². The fourth-order valence-electron chi connectivity index (χ4n) is 3.36. The first-order valence-electron chi connectivity index (χ1n) is 6.35. The molecule has 2 saturated carbocycles. The predicted molar refractivity (Wildman–Crippen MR) is 60.9 cm³/mol. The van der Waals surface area contributed by atoms with E-state index < -0.39 is 0 Å². The lowest BCUT2D eigenvalue weighted by Crippen LogP contribution is -2.38. The molecular formula is C13H25N. The Labute approximate surface area is 88.4 Å². The minimum Gasteiger partial charge on any atom is -0.327 e. The second-order valence-electron chi connectivity index (χ2n) is 6.03. The molecule has 0 aromatic rings. The largest absolute Gasteiger partial charge is 0.327 e. The van der Waals surface area contributed by atoms with Crippen LogP contribution in [0, 0.1) is 29.6 Å². The van der Waals surface area contributed by atoms with Gasteiger partial charge in [-0.15, -0.1) is 0 Å². The van der Waals surface area contributed by atoms with Gasteiger partial charge < -0.3 is 5.73 Å². The number of rotatable bonds is 2. The van der Waals surface area contributed by atoms with E-state index in [1.54, 1.807) is 0 Å². The van der Waals surface area contributed by atoms with Crippen LogP contribution in [-0.4, -0.2) is 6.04 Å². The van der Waals surface area contributed by atoms with Crippen LogP contribution in [0.3, 0.4) is 0 Å². The van der Waals surface area contributed by atoms with Crippen LogP contribution in [0.15, 0.2) is 0 Å². The summed E-state index contributed by atoms with van der Waals surface area (Å²) in [6.45, 7) is 6.96. The molecule has 0 aliphatic heterocycles. The van der Waals surface area contributed by atoms with Crippen molar-refractivity contribution in [2.24, 2.45) is 35.3 Å². The Kier molecular flexibility index (Phi) is 2.88. The molecule has 0 aromatic carbocycles. The highest BCUT2D eigenvalue weighted by molar-refractivity contribution is 4.94. The molecule has 2 unspecified atom stereocenters. The normalized spacial score (nSPS) is 44.4. The lowest BCUT2D eigenvalue weighted by molar-refractivity contribution is 0.232. The van der Waals surface area contributed by atoms with Crippen molar-refractivity contribution in [2.45, 2.75) is 52.5 Å². The van der Waals surface area contributed by atoms with Gasteiger partial charge in [-0.05, 0) is 55.3 Å². The van der Waals surface area contributed by atoms with E-state index in [0.29, 0.717) is 12.0 Å². The van der Waals surface area contributed by atoms with E-state index in [9.17, 15) is 0 Å². The molecule has 0 bridgehead atoms. The fourth-order valence-corrected chi connectivity index (χ4v) is 3.36. The average Bonchev–Trinajstić information content (AvgIpc) is 2.82. The van der Waals surface area contributed by atoms with E-state index in [1.807, 2.05) is 0 Å². The minimum absolute atomic E-state index is 0.433. The van der Waals surface area contributed by atoms with Crippen molar-refractivity contribution < 1.29 is 0 Å². The van der Waals surface area contributed by atoms with Crippen molar-refractivity contribution in [1.29, 1.82) is 0 Å². The molecule has 2 N–H and O–H groups in total. The number of hydrogen-bond donors (Lipinski definition) is 1. The highest BCUT2D eigenvalue weighted by Crippen LogP contribution is 2.51. The Morgan fingerprint density at radius 3 is 2.43 bits per heavy atom. The summed E-state index contributed by atoms with van der Waals surface area (Å²) in [6, 6.07) is 0.433. The van der Waals surface area contributed by atoms with Gasteiger partial charge >= 0.3 is 0 Å². The first-order valence-corrected chi connectivity index (χ1v) is 6.35. The zero-order valence-electron chi connectivity index (χ0n) is 9.87. The first kappa shape index (κ1) is 10.5. The molecule has 0 amide bonds. The molecular weight excluding hydrogens is 170 g/mol.